The van der Waals surface area contributed by atoms with E-state index in [2.05, 4.69) is 33.0 Å². The molecule has 0 fully saturated rings. The topological polar surface area (TPSA) is 58.6 Å². The van der Waals surface area contributed by atoms with Gasteiger partial charge in [0.05, 0.1) is 5.69 Å². The predicted octanol–water partition coefficient (Wildman–Crippen LogP) is 4.67. The molecule has 0 spiro atoms. The van der Waals surface area contributed by atoms with E-state index in [4.69, 9.17) is 4.74 Å². The number of hydrogen-bond acceptors (Lipinski definition) is 3. The molecule has 3 rings (SSSR count). The van der Waals surface area contributed by atoms with Gasteiger partial charge in [-0.25, -0.2) is 0 Å². The summed E-state index contributed by atoms with van der Waals surface area (Å²) in [6.07, 6.45) is 3.62. The van der Waals surface area contributed by atoms with Crippen molar-refractivity contribution in [2.45, 2.75) is 46.0 Å². The van der Waals surface area contributed by atoms with Crippen LogP contribution < -0.4 is 15.0 Å². The molecule has 1 aliphatic heterocycles. The molecule has 1 aliphatic rings. The van der Waals surface area contributed by atoms with E-state index in [0.717, 1.165) is 24.0 Å². The van der Waals surface area contributed by atoms with Crippen molar-refractivity contribution in [1.82, 2.24) is 5.32 Å². The second kappa shape index (κ2) is 9.16. The number of fused-ring (bicyclic) bond motifs is 1. The highest BCUT2D eigenvalue weighted by molar-refractivity contribution is 6.12. The molecule has 5 heteroatoms. The molecule has 2 aromatic rings. The minimum Gasteiger partial charge on any atom is -0.449 e. The standard InChI is InChI=1S/C25H30N2O3/c1-5-6-14-26-23(28)17-27-20-16-19(25(2,3)4)12-13-21(20)30-22(24(27)29)15-18-10-8-7-9-11-18/h7-13,15-16H,5-6,14,17H2,1-4H3,(H,26,28). The van der Waals surface area contributed by atoms with E-state index in [1.165, 1.54) is 4.90 Å². The Morgan fingerprint density at radius 2 is 1.87 bits per heavy atom. The molecular weight excluding hydrogens is 376 g/mol. The van der Waals surface area contributed by atoms with Gasteiger partial charge in [-0.3, -0.25) is 14.5 Å². The molecule has 0 aromatic heterocycles. The van der Waals surface area contributed by atoms with Crippen molar-refractivity contribution in [3.8, 4) is 5.75 Å². The number of carbonyl (C=O) groups is 2. The SMILES string of the molecule is CCCCNC(=O)CN1C(=O)C(=Cc2ccccc2)Oc2ccc(C(C)(C)C)cc21. The molecule has 30 heavy (non-hydrogen) atoms. The van der Waals surface area contributed by atoms with Crippen LogP contribution in [0.15, 0.2) is 54.3 Å². The Bertz CT molecular complexity index is 943. The van der Waals surface area contributed by atoms with Crippen molar-refractivity contribution >= 4 is 23.6 Å². The van der Waals surface area contributed by atoms with Gasteiger partial charge in [-0.05, 0) is 41.2 Å². The van der Waals surface area contributed by atoms with Gasteiger partial charge in [-0.15, -0.1) is 0 Å². The fourth-order valence-corrected chi connectivity index (χ4v) is 3.24. The fraction of sp³-hybridized carbons (Fsp3) is 0.360. The monoisotopic (exact) mass is 406 g/mol. The van der Waals surface area contributed by atoms with Gasteiger partial charge in [-0.2, -0.15) is 0 Å². The molecule has 0 bridgehead atoms. The van der Waals surface area contributed by atoms with Crippen LogP contribution in [0.1, 0.15) is 51.7 Å². The second-order valence-corrected chi connectivity index (χ2v) is 8.55. The second-order valence-electron chi connectivity index (χ2n) is 8.55. The first-order chi connectivity index (χ1) is 14.3. The normalized spacial score (nSPS) is 15.0. The Balaban J connectivity index is 1.97. The van der Waals surface area contributed by atoms with E-state index < -0.39 is 0 Å². The van der Waals surface area contributed by atoms with E-state index in [-0.39, 0.29) is 29.5 Å². The molecule has 5 nitrogen and oxygen atoms in total. The quantitative estimate of drug-likeness (QED) is 0.560. The number of benzene rings is 2. The van der Waals surface area contributed by atoms with Crippen LogP contribution in [0.4, 0.5) is 5.69 Å². The fourth-order valence-electron chi connectivity index (χ4n) is 3.24. The molecule has 0 unspecified atom stereocenters. The molecule has 0 saturated heterocycles. The van der Waals surface area contributed by atoms with Crippen molar-refractivity contribution in [2.24, 2.45) is 0 Å². The lowest BCUT2D eigenvalue weighted by Crippen LogP contribution is -2.44. The minimum absolute atomic E-state index is 0.0430. The minimum atomic E-state index is -0.317. The van der Waals surface area contributed by atoms with Crippen LogP contribution in [0.2, 0.25) is 0 Å². The van der Waals surface area contributed by atoms with Crippen LogP contribution in [-0.4, -0.2) is 24.9 Å². The number of rotatable bonds is 6. The third-order valence-electron chi connectivity index (χ3n) is 5.04. The van der Waals surface area contributed by atoms with E-state index in [1.54, 1.807) is 6.08 Å². The summed E-state index contributed by atoms with van der Waals surface area (Å²) in [5.74, 6) is 0.289. The molecule has 2 aromatic carbocycles. The summed E-state index contributed by atoms with van der Waals surface area (Å²) in [5, 5.41) is 2.90. The van der Waals surface area contributed by atoms with Crippen molar-refractivity contribution in [3.05, 3.63) is 65.4 Å². The first-order valence-electron chi connectivity index (χ1n) is 10.5. The van der Waals surface area contributed by atoms with Gasteiger partial charge in [0.1, 0.15) is 6.54 Å². The van der Waals surface area contributed by atoms with Crippen LogP contribution >= 0.6 is 0 Å². The summed E-state index contributed by atoms with van der Waals surface area (Å²) in [4.78, 5) is 27.3. The summed E-state index contributed by atoms with van der Waals surface area (Å²) in [5.41, 5.74) is 2.48. The van der Waals surface area contributed by atoms with Gasteiger partial charge in [0.15, 0.2) is 11.5 Å². The Labute approximate surface area is 178 Å². The number of anilines is 1. The summed E-state index contributed by atoms with van der Waals surface area (Å²) >= 11 is 0. The molecule has 1 heterocycles. The average molecular weight is 407 g/mol. The molecule has 0 saturated carbocycles. The third kappa shape index (κ3) is 5.09. The van der Waals surface area contributed by atoms with Gasteiger partial charge >= 0.3 is 0 Å². The van der Waals surface area contributed by atoms with Crippen molar-refractivity contribution < 1.29 is 14.3 Å². The predicted molar refractivity (Wildman–Crippen MR) is 120 cm³/mol. The van der Waals surface area contributed by atoms with Crippen molar-refractivity contribution in [1.29, 1.82) is 0 Å². The van der Waals surface area contributed by atoms with Crippen molar-refractivity contribution in [2.75, 3.05) is 18.0 Å². The maximum absolute atomic E-state index is 13.3. The summed E-state index contributed by atoms with van der Waals surface area (Å²) in [6, 6.07) is 15.4. The maximum atomic E-state index is 13.3. The number of nitrogens with one attached hydrogen (secondary N) is 1. The Morgan fingerprint density at radius 3 is 2.53 bits per heavy atom. The summed E-state index contributed by atoms with van der Waals surface area (Å²) < 4.78 is 5.96. The first kappa shape index (κ1) is 21.6. The largest absolute Gasteiger partial charge is 0.449 e. The van der Waals surface area contributed by atoms with Crippen LogP contribution in [0.3, 0.4) is 0 Å². The third-order valence-corrected chi connectivity index (χ3v) is 5.04. The zero-order valence-electron chi connectivity index (χ0n) is 18.2. The maximum Gasteiger partial charge on any atom is 0.294 e. The Kier molecular flexibility index (Phi) is 6.60. The zero-order valence-corrected chi connectivity index (χ0v) is 18.2. The van der Waals surface area contributed by atoms with E-state index in [0.29, 0.717) is 18.0 Å². The summed E-state index contributed by atoms with van der Waals surface area (Å²) in [6.45, 7) is 8.98. The number of hydrogen-bond donors (Lipinski definition) is 1. The van der Waals surface area contributed by atoms with Gasteiger partial charge in [-0.1, -0.05) is 70.5 Å². The van der Waals surface area contributed by atoms with Crippen LogP contribution in [0.5, 0.6) is 5.75 Å². The van der Waals surface area contributed by atoms with Gasteiger partial charge in [0, 0.05) is 6.54 Å². The number of amides is 2. The lowest BCUT2D eigenvalue weighted by molar-refractivity contribution is -0.123. The lowest BCUT2D eigenvalue weighted by atomic mass is 9.86. The van der Waals surface area contributed by atoms with E-state index in [9.17, 15) is 9.59 Å². The number of carbonyl (C=O) groups excluding carboxylic acids is 2. The number of unbranched alkanes of at least 4 members (excludes halogenated alkanes) is 1. The van der Waals surface area contributed by atoms with Crippen LogP contribution in [0, 0.1) is 0 Å². The van der Waals surface area contributed by atoms with Gasteiger partial charge < -0.3 is 10.1 Å². The molecule has 0 aliphatic carbocycles. The van der Waals surface area contributed by atoms with Gasteiger partial charge in [0.2, 0.25) is 5.91 Å². The highest BCUT2D eigenvalue weighted by Gasteiger charge is 2.32. The first-order valence-corrected chi connectivity index (χ1v) is 10.5. The van der Waals surface area contributed by atoms with E-state index in [1.807, 2.05) is 48.5 Å². The van der Waals surface area contributed by atoms with E-state index >= 15 is 0 Å². The lowest BCUT2D eigenvalue weighted by Gasteiger charge is -2.32. The smallest absolute Gasteiger partial charge is 0.294 e. The highest BCUT2D eigenvalue weighted by Crippen LogP contribution is 2.39. The highest BCUT2D eigenvalue weighted by atomic mass is 16.5. The number of ether oxygens (including phenoxy) is 1. The van der Waals surface area contributed by atoms with Crippen LogP contribution in [-0.2, 0) is 15.0 Å². The van der Waals surface area contributed by atoms with Gasteiger partial charge in [0.25, 0.3) is 5.91 Å². The Hall–Kier alpha value is -3.08. The number of nitrogens with zero attached hydrogens (tertiary/aromatic N) is 1. The zero-order chi connectivity index (χ0) is 21.7. The molecule has 2 amide bonds. The Morgan fingerprint density at radius 1 is 1.13 bits per heavy atom. The molecule has 158 valence electrons. The molecule has 0 atom stereocenters. The van der Waals surface area contributed by atoms with Crippen molar-refractivity contribution in [3.63, 3.8) is 0 Å². The molecular formula is C25H30N2O3. The molecule has 1 N–H and O–H groups in total. The average Bonchev–Trinajstić information content (AvgIpc) is 2.71. The molecule has 0 radical (unpaired) electrons. The van der Waals surface area contributed by atoms with Crippen LogP contribution in [0.25, 0.3) is 6.08 Å². The summed E-state index contributed by atoms with van der Waals surface area (Å²) in [7, 11) is 0.